The fourth-order valence-corrected chi connectivity index (χ4v) is 1.66. The number of amides is 2. The molecule has 1 aromatic rings. The molecule has 0 unspecified atom stereocenters. The maximum Gasteiger partial charge on any atom is 0.324 e. The van der Waals surface area contributed by atoms with Crippen LogP contribution in [0.25, 0.3) is 0 Å². The molecule has 2 amide bonds. The van der Waals surface area contributed by atoms with Crippen molar-refractivity contribution in [3.05, 3.63) is 35.1 Å². The maximum absolute atomic E-state index is 11.6. The molecule has 1 saturated heterocycles. The van der Waals surface area contributed by atoms with Crippen LogP contribution in [0.5, 0.6) is 0 Å². The molecule has 1 aliphatic heterocycles. The molecule has 0 bridgehead atoms. The van der Waals surface area contributed by atoms with E-state index in [-0.39, 0.29) is 6.03 Å². The molecule has 18 heavy (non-hydrogen) atoms. The van der Waals surface area contributed by atoms with Gasteiger partial charge >= 0.3 is 6.03 Å². The van der Waals surface area contributed by atoms with E-state index in [2.05, 4.69) is 15.6 Å². The second kappa shape index (κ2) is 6.37. The van der Waals surface area contributed by atoms with Crippen molar-refractivity contribution < 1.29 is 9.53 Å². The molecule has 2 N–H and O–H groups in total. The van der Waals surface area contributed by atoms with Crippen molar-refractivity contribution in [2.24, 2.45) is 0 Å². The molecule has 0 aromatic carbocycles. The number of anilines is 1. The Kier molecular flexibility index (Phi) is 4.55. The summed E-state index contributed by atoms with van der Waals surface area (Å²) in [6, 6.07) is 2.99. The molecule has 1 aromatic heterocycles. The lowest BCUT2D eigenvalue weighted by Crippen LogP contribution is -2.25. The summed E-state index contributed by atoms with van der Waals surface area (Å²) in [5.74, 6) is 0.460. The van der Waals surface area contributed by atoms with E-state index < -0.39 is 0 Å². The quantitative estimate of drug-likeness (QED) is 0.866. The second-order valence-electron chi connectivity index (χ2n) is 3.88. The van der Waals surface area contributed by atoms with Crippen molar-refractivity contribution in [1.82, 2.24) is 10.3 Å². The first kappa shape index (κ1) is 12.9. The molecule has 0 radical (unpaired) electrons. The van der Waals surface area contributed by atoms with E-state index in [0.717, 1.165) is 12.8 Å². The van der Waals surface area contributed by atoms with Crippen molar-refractivity contribution in [3.8, 4) is 0 Å². The van der Waals surface area contributed by atoms with Crippen LogP contribution < -0.4 is 10.6 Å². The zero-order valence-corrected chi connectivity index (χ0v) is 10.5. The lowest BCUT2D eigenvalue weighted by molar-refractivity contribution is 0.119. The fourth-order valence-electron chi connectivity index (χ4n) is 1.55. The number of halogens is 1. The molecule has 0 spiro atoms. The predicted molar refractivity (Wildman–Crippen MR) is 69.5 cm³/mol. The van der Waals surface area contributed by atoms with E-state index in [1.54, 1.807) is 18.3 Å². The lowest BCUT2D eigenvalue weighted by Gasteiger charge is -2.14. The lowest BCUT2D eigenvalue weighted by atomic mass is 10.1. The highest BCUT2D eigenvalue weighted by Gasteiger charge is 2.06. The van der Waals surface area contributed by atoms with Gasteiger partial charge in [0.15, 0.2) is 0 Å². The normalized spacial score (nSPS) is 15.1. The van der Waals surface area contributed by atoms with Crippen LogP contribution in [0.15, 0.2) is 30.1 Å². The van der Waals surface area contributed by atoms with Crippen molar-refractivity contribution in [2.45, 2.75) is 12.8 Å². The minimum Gasteiger partial charge on any atom is -0.381 e. The first-order chi connectivity index (χ1) is 8.74. The van der Waals surface area contributed by atoms with Crippen LogP contribution >= 0.6 is 11.6 Å². The monoisotopic (exact) mass is 267 g/mol. The Hall–Kier alpha value is -1.59. The van der Waals surface area contributed by atoms with Gasteiger partial charge in [-0.3, -0.25) is 5.32 Å². The highest BCUT2D eigenvalue weighted by Crippen LogP contribution is 2.12. The van der Waals surface area contributed by atoms with Gasteiger partial charge in [0.2, 0.25) is 0 Å². The third-order valence-electron chi connectivity index (χ3n) is 2.51. The molecule has 5 nitrogen and oxygen atoms in total. The molecule has 2 heterocycles. The molecule has 0 atom stereocenters. The van der Waals surface area contributed by atoms with Gasteiger partial charge in [-0.15, -0.1) is 0 Å². The van der Waals surface area contributed by atoms with Crippen LogP contribution in [0.2, 0.25) is 5.02 Å². The maximum atomic E-state index is 11.6. The van der Waals surface area contributed by atoms with Crippen molar-refractivity contribution in [3.63, 3.8) is 0 Å². The van der Waals surface area contributed by atoms with Gasteiger partial charge in [0, 0.05) is 12.4 Å². The van der Waals surface area contributed by atoms with E-state index in [1.165, 1.54) is 11.8 Å². The summed E-state index contributed by atoms with van der Waals surface area (Å²) in [6.07, 6.45) is 4.93. The smallest absolute Gasteiger partial charge is 0.324 e. The number of pyridine rings is 1. The van der Waals surface area contributed by atoms with Gasteiger partial charge in [-0.1, -0.05) is 11.6 Å². The number of rotatable bonds is 2. The molecule has 1 aliphatic rings. The Morgan fingerprint density at radius 2 is 2.17 bits per heavy atom. The van der Waals surface area contributed by atoms with E-state index in [9.17, 15) is 4.79 Å². The SMILES string of the molecule is O=C(NC=C1CCOCC1)Nc1ccc(Cl)cn1. The zero-order chi connectivity index (χ0) is 12.8. The topological polar surface area (TPSA) is 63.2 Å². The number of aromatic nitrogens is 1. The first-order valence-electron chi connectivity index (χ1n) is 5.69. The van der Waals surface area contributed by atoms with Gasteiger partial charge in [-0.05, 0) is 30.5 Å². The van der Waals surface area contributed by atoms with E-state index in [4.69, 9.17) is 16.3 Å². The van der Waals surface area contributed by atoms with Crippen molar-refractivity contribution in [1.29, 1.82) is 0 Å². The van der Waals surface area contributed by atoms with E-state index >= 15 is 0 Å². The number of nitrogens with one attached hydrogen (secondary N) is 2. The minimum atomic E-state index is -0.316. The number of hydrogen-bond donors (Lipinski definition) is 2. The van der Waals surface area contributed by atoms with Crippen LogP contribution in [0.3, 0.4) is 0 Å². The Morgan fingerprint density at radius 3 is 2.83 bits per heavy atom. The van der Waals surface area contributed by atoms with Gasteiger partial charge in [-0.25, -0.2) is 9.78 Å². The predicted octanol–water partition coefficient (Wildman–Crippen LogP) is 2.55. The number of nitrogens with zero attached hydrogens (tertiary/aromatic N) is 1. The summed E-state index contributed by atoms with van der Waals surface area (Å²) < 4.78 is 5.22. The Balaban J connectivity index is 1.83. The first-order valence-corrected chi connectivity index (χ1v) is 6.06. The molecular formula is C12H14ClN3O2. The highest BCUT2D eigenvalue weighted by atomic mass is 35.5. The van der Waals surface area contributed by atoms with Crippen LogP contribution in [0.1, 0.15) is 12.8 Å². The van der Waals surface area contributed by atoms with Crippen LogP contribution in [0, 0.1) is 0 Å². The van der Waals surface area contributed by atoms with Gasteiger partial charge in [0.25, 0.3) is 0 Å². The molecular weight excluding hydrogens is 254 g/mol. The van der Waals surface area contributed by atoms with Crippen molar-refractivity contribution in [2.75, 3.05) is 18.5 Å². The van der Waals surface area contributed by atoms with Crippen LogP contribution in [0.4, 0.5) is 10.6 Å². The van der Waals surface area contributed by atoms with E-state index in [0.29, 0.717) is 24.1 Å². The number of carbonyl (C=O) groups excluding carboxylic acids is 1. The standard InChI is InChI=1S/C12H14ClN3O2/c13-10-1-2-11(14-8-10)16-12(17)15-7-9-3-5-18-6-4-9/h1-2,7-8H,3-6H2,(H2,14,15,16,17). The van der Waals surface area contributed by atoms with Gasteiger partial charge < -0.3 is 10.1 Å². The largest absolute Gasteiger partial charge is 0.381 e. The van der Waals surface area contributed by atoms with Gasteiger partial charge in [-0.2, -0.15) is 0 Å². The fraction of sp³-hybridized carbons (Fsp3) is 0.333. The second-order valence-corrected chi connectivity index (χ2v) is 4.31. The average Bonchev–Trinajstić information content (AvgIpc) is 2.40. The third kappa shape index (κ3) is 4.01. The average molecular weight is 268 g/mol. The molecule has 96 valence electrons. The number of urea groups is 1. The van der Waals surface area contributed by atoms with Crippen molar-refractivity contribution >= 4 is 23.4 Å². The molecule has 1 fully saturated rings. The summed E-state index contributed by atoms with van der Waals surface area (Å²) >= 11 is 5.70. The Labute approximate surface area is 110 Å². The highest BCUT2D eigenvalue weighted by molar-refractivity contribution is 6.30. The summed E-state index contributed by atoms with van der Waals surface area (Å²) in [6.45, 7) is 1.43. The molecule has 0 saturated carbocycles. The molecule has 6 heteroatoms. The zero-order valence-electron chi connectivity index (χ0n) is 9.78. The summed E-state index contributed by atoms with van der Waals surface area (Å²) in [5.41, 5.74) is 1.18. The van der Waals surface area contributed by atoms with Gasteiger partial charge in [0.05, 0.1) is 18.2 Å². The number of carbonyl (C=O) groups is 1. The van der Waals surface area contributed by atoms with Crippen LogP contribution in [-0.2, 0) is 4.74 Å². The minimum absolute atomic E-state index is 0.316. The molecule has 0 aliphatic carbocycles. The van der Waals surface area contributed by atoms with E-state index in [1.807, 2.05) is 0 Å². The third-order valence-corrected chi connectivity index (χ3v) is 2.73. The summed E-state index contributed by atoms with van der Waals surface area (Å²) in [7, 11) is 0. The number of ether oxygens (including phenoxy) is 1. The van der Waals surface area contributed by atoms with Gasteiger partial charge in [0.1, 0.15) is 5.82 Å². The number of hydrogen-bond acceptors (Lipinski definition) is 3. The Bertz CT molecular complexity index is 437. The Morgan fingerprint density at radius 1 is 1.39 bits per heavy atom. The summed E-state index contributed by atoms with van der Waals surface area (Å²) in [4.78, 5) is 15.5. The summed E-state index contributed by atoms with van der Waals surface area (Å²) in [5, 5.41) is 5.82. The molecule has 2 rings (SSSR count). The van der Waals surface area contributed by atoms with Crippen LogP contribution in [-0.4, -0.2) is 24.2 Å².